The van der Waals surface area contributed by atoms with Crippen molar-refractivity contribution in [2.45, 2.75) is 45.6 Å². The van der Waals surface area contributed by atoms with Gasteiger partial charge >= 0.3 is 5.97 Å². The smallest absolute Gasteiger partial charge is 0.303 e. The lowest BCUT2D eigenvalue weighted by molar-refractivity contribution is -0.136. The summed E-state index contributed by atoms with van der Waals surface area (Å²) in [6.45, 7) is 4.92. The van der Waals surface area contributed by atoms with E-state index in [1.165, 1.54) is 11.1 Å². The number of aliphatic carboxylic acids is 1. The number of nitrogens with zero attached hydrogens (tertiary/aromatic N) is 1. The molecule has 0 spiro atoms. The van der Waals surface area contributed by atoms with Gasteiger partial charge in [-0.1, -0.05) is 24.1 Å². The second-order valence-electron chi connectivity index (χ2n) is 6.66. The van der Waals surface area contributed by atoms with Crippen LogP contribution in [0.5, 0.6) is 0 Å². The van der Waals surface area contributed by atoms with E-state index in [0.717, 1.165) is 36.3 Å². The molecule has 134 valence electrons. The van der Waals surface area contributed by atoms with Crippen LogP contribution < -0.4 is 0 Å². The predicted molar refractivity (Wildman–Crippen MR) is 101 cm³/mol. The molecule has 1 aromatic heterocycles. The zero-order valence-electron chi connectivity index (χ0n) is 15.2. The highest BCUT2D eigenvalue weighted by Gasteiger charge is 2.13. The third-order valence-electron chi connectivity index (χ3n) is 4.53. The number of pyridine rings is 1. The first-order valence-electron chi connectivity index (χ1n) is 8.95. The van der Waals surface area contributed by atoms with E-state index in [-0.39, 0.29) is 12.5 Å². The van der Waals surface area contributed by atoms with Gasteiger partial charge in [-0.15, -0.1) is 0 Å². The van der Waals surface area contributed by atoms with E-state index >= 15 is 0 Å². The molecule has 2 heterocycles. The number of carbonyl (C=O) groups is 1. The molecule has 1 aliphatic rings. The number of hydrogen-bond acceptors (Lipinski definition) is 3. The Morgan fingerprint density at radius 1 is 1.31 bits per heavy atom. The molecule has 4 heteroatoms. The molecular formula is C22H23NO3. The zero-order chi connectivity index (χ0) is 18.5. The third-order valence-corrected chi connectivity index (χ3v) is 4.53. The molecule has 0 bridgehead atoms. The molecule has 0 amide bonds. The van der Waals surface area contributed by atoms with Gasteiger partial charge in [-0.3, -0.25) is 4.79 Å². The van der Waals surface area contributed by atoms with Gasteiger partial charge in [0.25, 0.3) is 0 Å². The highest BCUT2D eigenvalue weighted by molar-refractivity contribution is 5.72. The lowest BCUT2D eigenvalue weighted by Crippen LogP contribution is -2.03. The summed E-state index contributed by atoms with van der Waals surface area (Å²) in [6, 6.07) is 10.2. The van der Waals surface area contributed by atoms with Gasteiger partial charge in [0.1, 0.15) is 11.8 Å². The number of benzene rings is 1. The fourth-order valence-electron chi connectivity index (χ4n) is 3.27. The van der Waals surface area contributed by atoms with E-state index < -0.39 is 5.97 Å². The minimum Gasteiger partial charge on any atom is -0.481 e. The van der Waals surface area contributed by atoms with Crippen molar-refractivity contribution in [2.75, 3.05) is 6.61 Å². The monoisotopic (exact) mass is 349 g/mol. The predicted octanol–water partition coefficient (Wildman–Crippen LogP) is 3.91. The zero-order valence-corrected chi connectivity index (χ0v) is 15.2. The molecule has 3 rings (SSSR count). The van der Waals surface area contributed by atoms with E-state index in [9.17, 15) is 4.79 Å². The van der Waals surface area contributed by atoms with Crippen molar-refractivity contribution in [1.82, 2.24) is 4.98 Å². The van der Waals surface area contributed by atoms with Gasteiger partial charge in [0.15, 0.2) is 0 Å². The molecule has 1 unspecified atom stereocenters. The highest BCUT2D eigenvalue weighted by Crippen LogP contribution is 2.28. The summed E-state index contributed by atoms with van der Waals surface area (Å²) in [4.78, 5) is 15.5. The molecule has 1 aliphatic heterocycles. The first-order valence-corrected chi connectivity index (χ1v) is 8.95. The van der Waals surface area contributed by atoms with Gasteiger partial charge in [-0.2, -0.15) is 0 Å². The largest absolute Gasteiger partial charge is 0.481 e. The van der Waals surface area contributed by atoms with Crippen molar-refractivity contribution in [3.05, 3.63) is 52.8 Å². The molecular weight excluding hydrogens is 326 g/mol. The van der Waals surface area contributed by atoms with E-state index in [0.29, 0.717) is 12.1 Å². The molecule has 26 heavy (non-hydrogen) atoms. The van der Waals surface area contributed by atoms with Gasteiger partial charge in [0, 0.05) is 18.7 Å². The summed E-state index contributed by atoms with van der Waals surface area (Å²) < 4.78 is 5.56. The van der Waals surface area contributed by atoms with Crippen molar-refractivity contribution in [1.29, 1.82) is 0 Å². The maximum atomic E-state index is 10.9. The molecule has 4 nitrogen and oxygen atoms in total. The van der Waals surface area contributed by atoms with Crippen molar-refractivity contribution in [2.24, 2.45) is 0 Å². The number of aromatic nitrogens is 1. The lowest BCUT2D eigenvalue weighted by Gasteiger charge is -2.12. The van der Waals surface area contributed by atoms with Crippen LogP contribution in [0, 0.1) is 25.7 Å². The van der Waals surface area contributed by atoms with Gasteiger partial charge in [-0.05, 0) is 67.0 Å². The number of aryl methyl sites for hydroxylation is 3. The first kappa shape index (κ1) is 18.2. The summed E-state index contributed by atoms with van der Waals surface area (Å²) in [7, 11) is 0. The normalized spacial score (nSPS) is 16.2. The lowest BCUT2D eigenvalue weighted by atomic mass is 9.95. The Hall–Kier alpha value is -2.64. The Kier molecular flexibility index (Phi) is 5.70. The topological polar surface area (TPSA) is 59.4 Å². The molecule has 2 aromatic rings. The molecule has 0 saturated carbocycles. The highest BCUT2D eigenvalue weighted by atomic mass is 16.5. The fraction of sp³-hybridized carbons (Fsp3) is 0.364. The molecule has 0 radical (unpaired) electrons. The molecule has 1 N–H and O–H groups in total. The minimum absolute atomic E-state index is 0.0249. The van der Waals surface area contributed by atoms with Crippen LogP contribution in [-0.4, -0.2) is 28.8 Å². The number of carboxylic acids is 1. The van der Waals surface area contributed by atoms with Crippen molar-refractivity contribution < 1.29 is 14.6 Å². The number of hydrogen-bond donors (Lipinski definition) is 1. The maximum Gasteiger partial charge on any atom is 0.303 e. The summed E-state index contributed by atoms with van der Waals surface area (Å²) in [5, 5.41) is 8.99. The van der Waals surface area contributed by atoms with Crippen LogP contribution in [0.2, 0.25) is 0 Å². The van der Waals surface area contributed by atoms with E-state index in [1.54, 1.807) is 0 Å². The minimum atomic E-state index is -0.823. The Morgan fingerprint density at radius 3 is 2.73 bits per heavy atom. The Labute approximate surface area is 154 Å². The van der Waals surface area contributed by atoms with Crippen LogP contribution in [0.4, 0.5) is 0 Å². The van der Waals surface area contributed by atoms with Crippen LogP contribution in [0.15, 0.2) is 30.3 Å². The van der Waals surface area contributed by atoms with Crippen molar-refractivity contribution in [3.8, 4) is 23.0 Å². The van der Waals surface area contributed by atoms with E-state index in [1.807, 2.05) is 18.2 Å². The molecule has 1 aromatic carbocycles. The molecule has 1 saturated heterocycles. The van der Waals surface area contributed by atoms with Crippen molar-refractivity contribution in [3.63, 3.8) is 0 Å². The number of rotatable bonds is 4. The van der Waals surface area contributed by atoms with Crippen LogP contribution in [0.25, 0.3) is 11.1 Å². The maximum absolute atomic E-state index is 10.9. The summed E-state index contributed by atoms with van der Waals surface area (Å²) >= 11 is 0. The van der Waals surface area contributed by atoms with Crippen LogP contribution in [0.1, 0.15) is 41.8 Å². The third kappa shape index (κ3) is 4.50. The van der Waals surface area contributed by atoms with Gasteiger partial charge in [0.2, 0.25) is 0 Å². The molecule has 1 fully saturated rings. The van der Waals surface area contributed by atoms with E-state index in [2.05, 4.69) is 42.8 Å². The fourth-order valence-corrected chi connectivity index (χ4v) is 3.27. The Morgan fingerprint density at radius 2 is 2.08 bits per heavy atom. The van der Waals surface area contributed by atoms with Crippen LogP contribution in [-0.2, 0) is 16.0 Å². The quantitative estimate of drug-likeness (QED) is 0.850. The van der Waals surface area contributed by atoms with Gasteiger partial charge < -0.3 is 9.84 Å². The van der Waals surface area contributed by atoms with Crippen LogP contribution in [0.3, 0.4) is 0 Å². The Bertz CT molecular complexity index is 850. The average molecular weight is 349 g/mol. The second kappa shape index (κ2) is 8.16. The van der Waals surface area contributed by atoms with Crippen molar-refractivity contribution >= 4 is 5.97 Å². The SMILES string of the molecule is Cc1cccc(C)c1-c1cc(C#CC2CCCO2)nc(CCC(=O)O)c1. The first-order chi connectivity index (χ1) is 12.5. The number of ether oxygens (including phenoxy) is 1. The Balaban J connectivity index is 2.00. The summed E-state index contributed by atoms with van der Waals surface area (Å²) in [5.41, 5.74) is 5.97. The second-order valence-corrected chi connectivity index (χ2v) is 6.66. The summed E-state index contributed by atoms with van der Waals surface area (Å²) in [6.07, 6.45) is 2.42. The standard InChI is InChI=1S/C22H23NO3/c1-15-5-3-6-16(2)22(15)17-13-18(8-10-20-7-4-12-26-20)23-19(14-17)9-11-21(24)25/h3,5-6,13-14,20H,4,7,9,11-12H2,1-2H3,(H,24,25). The number of carboxylic acid groups (broad SMARTS) is 1. The molecule has 0 aliphatic carbocycles. The average Bonchev–Trinajstić information content (AvgIpc) is 3.11. The molecule has 1 atom stereocenters. The van der Waals surface area contributed by atoms with Gasteiger partial charge in [-0.25, -0.2) is 4.98 Å². The van der Waals surface area contributed by atoms with Gasteiger partial charge in [0.05, 0.1) is 6.42 Å². The van der Waals surface area contributed by atoms with E-state index in [4.69, 9.17) is 9.84 Å². The summed E-state index contributed by atoms with van der Waals surface area (Å²) in [5.74, 6) is 5.45. The van der Waals surface area contributed by atoms with Crippen LogP contribution >= 0.6 is 0 Å².